The number of hydrogen-bond donors (Lipinski definition) is 1. The van der Waals surface area contributed by atoms with Gasteiger partial charge in [0.15, 0.2) is 0 Å². The van der Waals surface area contributed by atoms with Crippen molar-refractivity contribution in [2.24, 2.45) is 0 Å². The molecule has 1 heterocycles. The van der Waals surface area contributed by atoms with E-state index in [2.05, 4.69) is 18.3 Å². The SMILES string of the molecule is COc1cc(Cl)cc(C2CCCNC2)c1C. The van der Waals surface area contributed by atoms with E-state index in [1.165, 1.54) is 24.0 Å². The van der Waals surface area contributed by atoms with Crippen molar-refractivity contribution in [1.29, 1.82) is 0 Å². The molecule has 0 amide bonds. The zero-order valence-corrected chi connectivity index (χ0v) is 10.6. The average molecular weight is 240 g/mol. The van der Waals surface area contributed by atoms with Crippen molar-refractivity contribution < 1.29 is 4.74 Å². The van der Waals surface area contributed by atoms with E-state index in [0.29, 0.717) is 5.92 Å². The Kier molecular flexibility index (Phi) is 3.72. The molecule has 0 bridgehead atoms. The zero-order chi connectivity index (χ0) is 11.5. The first kappa shape index (κ1) is 11.7. The minimum Gasteiger partial charge on any atom is -0.496 e. The Bertz CT molecular complexity index is 372. The lowest BCUT2D eigenvalue weighted by molar-refractivity contribution is 0.407. The second-order valence-electron chi connectivity index (χ2n) is 4.37. The molecule has 88 valence electrons. The number of halogens is 1. The molecule has 16 heavy (non-hydrogen) atoms. The monoisotopic (exact) mass is 239 g/mol. The van der Waals surface area contributed by atoms with Crippen molar-refractivity contribution in [2.75, 3.05) is 20.2 Å². The van der Waals surface area contributed by atoms with Gasteiger partial charge in [-0.2, -0.15) is 0 Å². The largest absolute Gasteiger partial charge is 0.496 e. The molecule has 1 fully saturated rings. The molecule has 2 nitrogen and oxygen atoms in total. The summed E-state index contributed by atoms with van der Waals surface area (Å²) in [6, 6.07) is 3.97. The molecule has 1 aliphatic heterocycles. The normalized spacial score (nSPS) is 20.8. The highest BCUT2D eigenvalue weighted by atomic mass is 35.5. The third kappa shape index (κ3) is 2.33. The molecule has 0 aliphatic carbocycles. The average Bonchev–Trinajstić information content (AvgIpc) is 2.33. The van der Waals surface area contributed by atoms with Gasteiger partial charge in [-0.15, -0.1) is 0 Å². The van der Waals surface area contributed by atoms with Crippen LogP contribution in [0, 0.1) is 6.92 Å². The van der Waals surface area contributed by atoms with Gasteiger partial charge in [0.2, 0.25) is 0 Å². The second-order valence-corrected chi connectivity index (χ2v) is 4.80. The van der Waals surface area contributed by atoms with E-state index in [4.69, 9.17) is 16.3 Å². The molecule has 1 unspecified atom stereocenters. The van der Waals surface area contributed by atoms with Crippen LogP contribution in [-0.2, 0) is 0 Å². The lowest BCUT2D eigenvalue weighted by Gasteiger charge is -2.25. The first-order valence-electron chi connectivity index (χ1n) is 5.77. The first-order chi connectivity index (χ1) is 7.72. The molecule has 0 aromatic heterocycles. The smallest absolute Gasteiger partial charge is 0.123 e. The Hall–Kier alpha value is -0.730. The number of piperidine rings is 1. The number of ether oxygens (including phenoxy) is 1. The third-order valence-electron chi connectivity index (χ3n) is 3.32. The van der Waals surface area contributed by atoms with Crippen LogP contribution in [0.3, 0.4) is 0 Å². The van der Waals surface area contributed by atoms with E-state index in [9.17, 15) is 0 Å². The molecule has 3 heteroatoms. The van der Waals surface area contributed by atoms with E-state index < -0.39 is 0 Å². The highest BCUT2D eigenvalue weighted by molar-refractivity contribution is 6.30. The van der Waals surface area contributed by atoms with Crippen molar-refractivity contribution in [1.82, 2.24) is 5.32 Å². The van der Waals surface area contributed by atoms with Gasteiger partial charge in [0, 0.05) is 11.6 Å². The number of hydrogen-bond acceptors (Lipinski definition) is 2. The lowest BCUT2D eigenvalue weighted by atomic mass is 9.88. The van der Waals surface area contributed by atoms with Crippen LogP contribution in [0.15, 0.2) is 12.1 Å². The molecular formula is C13H18ClNO. The number of methoxy groups -OCH3 is 1. The summed E-state index contributed by atoms with van der Waals surface area (Å²) in [4.78, 5) is 0. The number of nitrogens with one attached hydrogen (secondary N) is 1. The van der Waals surface area contributed by atoms with Crippen LogP contribution in [0.2, 0.25) is 5.02 Å². The van der Waals surface area contributed by atoms with Gasteiger partial charge in [-0.05, 0) is 55.5 Å². The maximum Gasteiger partial charge on any atom is 0.123 e. The highest BCUT2D eigenvalue weighted by Crippen LogP contribution is 2.33. The Balaban J connectivity index is 2.34. The van der Waals surface area contributed by atoms with Gasteiger partial charge in [0.25, 0.3) is 0 Å². The molecular weight excluding hydrogens is 222 g/mol. The van der Waals surface area contributed by atoms with Crippen LogP contribution in [0.1, 0.15) is 29.9 Å². The maximum atomic E-state index is 6.12. The predicted octanol–water partition coefficient (Wildman–Crippen LogP) is 3.12. The second kappa shape index (κ2) is 5.07. The topological polar surface area (TPSA) is 21.3 Å². The van der Waals surface area contributed by atoms with Crippen LogP contribution >= 0.6 is 11.6 Å². The van der Waals surface area contributed by atoms with E-state index in [1.54, 1.807) is 7.11 Å². The van der Waals surface area contributed by atoms with E-state index in [1.807, 2.05) is 6.07 Å². The van der Waals surface area contributed by atoms with Gasteiger partial charge in [0.05, 0.1) is 7.11 Å². The van der Waals surface area contributed by atoms with Gasteiger partial charge in [-0.25, -0.2) is 0 Å². The Labute approximate surface area is 102 Å². The van der Waals surface area contributed by atoms with Crippen LogP contribution < -0.4 is 10.1 Å². The van der Waals surface area contributed by atoms with Gasteiger partial charge in [0.1, 0.15) is 5.75 Å². The summed E-state index contributed by atoms with van der Waals surface area (Å²) >= 11 is 6.12. The Morgan fingerprint density at radius 1 is 1.44 bits per heavy atom. The van der Waals surface area contributed by atoms with Crippen LogP contribution in [0.25, 0.3) is 0 Å². The fourth-order valence-electron chi connectivity index (χ4n) is 2.43. The summed E-state index contributed by atoms with van der Waals surface area (Å²) in [7, 11) is 1.70. The Morgan fingerprint density at radius 2 is 2.25 bits per heavy atom. The standard InChI is InChI=1S/C13H18ClNO/c1-9-12(10-4-3-5-15-8-10)6-11(14)7-13(9)16-2/h6-7,10,15H,3-5,8H2,1-2H3. The van der Waals surface area contributed by atoms with Gasteiger partial charge in [-0.3, -0.25) is 0 Å². The maximum absolute atomic E-state index is 6.12. The summed E-state index contributed by atoms with van der Waals surface area (Å²) in [5.74, 6) is 1.47. The molecule has 0 saturated carbocycles. The fourth-order valence-corrected chi connectivity index (χ4v) is 2.64. The molecule has 1 saturated heterocycles. The van der Waals surface area contributed by atoms with E-state index in [-0.39, 0.29) is 0 Å². The molecule has 1 atom stereocenters. The summed E-state index contributed by atoms with van der Waals surface area (Å²) < 4.78 is 5.35. The van der Waals surface area contributed by atoms with Crippen LogP contribution in [0.5, 0.6) is 5.75 Å². The minimum atomic E-state index is 0.571. The molecule has 1 aromatic carbocycles. The van der Waals surface area contributed by atoms with Crippen molar-refractivity contribution in [3.63, 3.8) is 0 Å². The minimum absolute atomic E-state index is 0.571. The number of benzene rings is 1. The van der Waals surface area contributed by atoms with Crippen molar-refractivity contribution in [3.05, 3.63) is 28.3 Å². The molecule has 1 aromatic rings. The molecule has 2 rings (SSSR count). The van der Waals surface area contributed by atoms with Gasteiger partial charge < -0.3 is 10.1 Å². The van der Waals surface area contributed by atoms with E-state index in [0.717, 1.165) is 23.9 Å². The van der Waals surface area contributed by atoms with Gasteiger partial charge in [-0.1, -0.05) is 11.6 Å². The molecule has 1 N–H and O–H groups in total. The third-order valence-corrected chi connectivity index (χ3v) is 3.54. The summed E-state index contributed by atoms with van der Waals surface area (Å²) in [5, 5.41) is 4.20. The highest BCUT2D eigenvalue weighted by Gasteiger charge is 2.19. The van der Waals surface area contributed by atoms with Crippen LogP contribution in [0.4, 0.5) is 0 Å². The van der Waals surface area contributed by atoms with E-state index >= 15 is 0 Å². The van der Waals surface area contributed by atoms with Gasteiger partial charge >= 0.3 is 0 Å². The summed E-state index contributed by atoms with van der Waals surface area (Å²) in [6.45, 7) is 4.29. The quantitative estimate of drug-likeness (QED) is 0.856. The molecule has 0 spiro atoms. The van der Waals surface area contributed by atoms with Crippen molar-refractivity contribution in [2.45, 2.75) is 25.7 Å². The zero-order valence-electron chi connectivity index (χ0n) is 9.85. The molecule has 0 radical (unpaired) electrons. The molecule has 1 aliphatic rings. The predicted molar refractivity (Wildman–Crippen MR) is 67.6 cm³/mol. The summed E-state index contributed by atoms with van der Waals surface area (Å²) in [5.41, 5.74) is 2.55. The first-order valence-corrected chi connectivity index (χ1v) is 6.15. The Morgan fingerprint density at radius 3 is 2.88 bits per heavy atom. The summed E-state index contributed by atoms with van der Waals surface area (Å²) in [6.07, 6.45) is 2.47. The van der Waals surface area contributed by atoms with Crippen molar-refractivity contribution in [3.8, 4) is 5.75 Å². The lowest BCUT2D eigenvalue weighted by Crippen LogP contribution is -2.28. The van der Waals surface area contributed by atoms with Crippen LogP contribution in [-0.4, -0.2) is 20.2 Å². The number of rotatable bonds is 2. The van der Waals surface area contributed by atoms with Crippen molar-refractivity contribution >= 4 is 11.6 Å². The fraction of sp³-hybridized carbons (Fsp3) is 0.538.